The molecular weight excluding hydrogens is 530 g/mol. The number of carboxylic acids is 1. The van der Waals surface area contributed by atoms with Crippen LogP contribution in [0.4, 0.5) is 0 Å². The normalized spacial score (nSPS) is 10.5. The molecule has 0 saturated heterocycles. The molecule has 0 bridgehead atoms. The molecule has 0 atom stereocenters. The molecule has 0 saturated carbocycles. The summed E-state index contributed by atoms with van der Waals surface area (Å²) in [6.07, 6.45) is 43.7. The van der Waals surface area contributed by atoms with E-state index < -0.39 is 5.97 Å². The maximum absolute atomic E-state index is 10.3. The van der Waals surface area contributed by atoms with Crippen LogP contribution in [0.3, 0.4) is 0 Å². The molecule has 0 heterocycles. The molecule has 0 unspecified atom stereocenters. The number of hydrogen-bond donors (Lipinski definition) is 1. The molecule has 1 N–H and O–H groups in total. The van der Waals surface area contributed by atoms with Crippen LogP contribution < -0.4 is 0 Å². The minimum absolute atomic E-state index is 0. The molecule has 39 heavy (non-hydrogen) atoms. The Labute approximate surface area is 260 Å². The predicted molar refractivity (Wildman–Crippen MR) is 172 cm³/mol. The van der Waals surface area contributed by atoms with Gasteiger partial charge >= 0.3 is 5.97 Å². The number of allylic oxidation sites excluding steroid dienone is 1. The van der Waals surface area contributed by atoms with E-state index in [2.05, 4.69) is 20.4 Å². The Hall–Kier alpha value is -0.167. The Morgan fingerprint density at radius 1 is 0.462 bits per heavy atom. The summed E-state index contributed by atoms with van der Waals surface area (Å²) < 4.78 is 0. The number of carboxylic acid groups (broad SMARTS) is 1. The summed E-state index contributed by atoms with van der Waals surface area (Å²) in [6, 6.07) is 0. The predicted octanol–water partition coefficient (Wildman–Crippen LogP) is 13.4. The molecule has 0 amide bonds. The van der Waals surface area contributed by atoms with Gasteiger partial charge in [0.2, 0.25) is 0 Å². The zero-order valence-corrected chi connectivity index (χ0v) is 30.2. The molecule has 3 heteroatoms. The van der Waals surface area contributed by atoms with Crippen LogP contribution in [0.15, 0.2) is 12.7 Å². The maximum atomic E-state index is 10.3. The van der Waals surface area contributed by atoms with E-state index in [-0.39, 0.29) is 19.5 Å². The number of carbonyl (C=O) groups is 1. The van der Waals surface area contributed by atoms with Crippen molar-refractivity contribution < 1.29 is 29.4 Å². The van der Waals surface area contributed by atoms with Crippen molar-refractivity contribution in [3.05, 3.63) is 12.7 Å². The van der Waals surface area contributed by atoms with Crippen LogP contribution in [0.1, 0.15) is 213 Å². The molecule has 0 aliphatic rings. The quantitative estimate of drug-likeness (QED) is 0.0487. The van der Waals surface area contributed by atoms with E-state index in [0.717, 1.165) is 12.8 Å². The van der Waals surface area contributed by atoms with Gasteiger partial charge in [-0.3, -0.25) is 4.79 Å². The van der Waals surface area contributed by atoms with Gasteiger partial charge in [0.1, 0.15) is 0 Å². The van der Waals surface area contributed by atoms with Crippen LogP contribution in [-0.2, 0) is 24.3 Å². The third kappa shape index (κ3) is 47.9. The largest absolute Gasteiger partial charge is 0.481 e. The number of rotatable bonds is 31. The fourth-order valence-corrected chi connectivity index (χ4v) is 5.13. The average molecular weight is 602 g/mol. The smallest absolute Gasteiger partial charge is 0.303 e. The minimum Gasteiger partial charge on any atom is -0.481 e. The zero-order valence-electron chi connectivity index (χ0n) is 27.3. The topological polar surface area (TPSA) is 37.3 Å². The summed E-state index contributed by atoms with van der Waals surface area (Å²) >= 11 is 0. The van der Waals surface area contributed by atoms with Gasteiger partial charge in [-0.1, -0.05) is 193 Å². The summed E-state index contributed by atoms with van der Waals surface area (Å²) in [4.78, 5) is 10.3. The minimum atomic E-state index is -0.653. The van der Waals surface area contributed by atoms with E-state index in [1.807, 2.05) is 6.08 Å². The second-order valence-electron chi connectivity index (χ2n) is 11.8. The number of unbranched alkanes of at least 4 members (excludes halogenated alkanes) is 28. The van der Waals surface area contributed by atoms with Crippen LogP contribution in [0, 0.1) is 0 Å². The van der Waals surface area contributed by atoms with Crippen molar-refractivity contribution in [2.24, 2.45) is 0 Å². The van der Waals surface area contributed by atoms with Gasteiger partial charge < -0.3 is 5.11 Å². The van der Waals surface area contributed by atoms with E-state index in [9.17, 15) is 4.79 Å². The van der Waals surface area contributed by atoms with Gasteiger partial charge in [0.25, 0.3) is 0 Å². The molecule has 0 radical (unpaired) electrons. The fourth-order valence-electron chi connectivity index (χ4n) is 5.13. The molecule has 0 aliphatic heterocycles. The Morgan fingerprint density at radius 3 is 0.923 bits per heavy atom. The van der Waals surface area contributed by atoms with E-state index in [1.165, 1.54) is 180 Å². The van der Waals surface area contributed by atoms with Gasteiger partial charge in [-0.15, -0.1) is 6.58 Å². The van der Waals surface area contributed by atoms with Crippen LogP contribution in [0.5, 0.6) is 0 Å². The molecule has 0 aromatic rings. The van der Waals surface area contributed by atoms with Crippen LogP contribution in [0.25, 0.3) is 0 Å². The SMILES string of the molecule is C=CCCCCCCCCCCCCCCCC.CCCCCCCCCCCCCCCCCC(=O)O.[Zn]. The summed E-state index contributed by atoms with van der Waals surface area (Å²) in [6.45, 7) is 8.32. The van der Waals surface area contributed by atoms with Crippen molar-refractivity contribution in [3.8, 4) is 0 Å². The first-order valence-corrected chi connectivity index (χ1v) is 17.5. The van der Waals surface area contributed by atoms with Crippen molar-refractivity contribution in [2.45, 2.75) is 213 Å². The maximum Gasteiger partial charge on any atom is 0.303 e. The molecule has 0 aromatic heterocycles. The standard InChI is InChI=1S/C18H36O2.C18H36.Zn/c1-2-3-4-5-6-7-8-9-10-11-12-13-14-15-16-17-18(19)20;1-3-5-7-9-11-13-15-17-18-16-14-12-10-8-6-4-2;/h2-17H2,1H3,(H,19,20);3H,1,4-18H2,2H3;. The van der Waals surface area contributed by atoms with Gasteiger partial charge in [-0.05, 0) is 19.3 Å². The Bertz CT molecular complexity index is 438. The molecule has 0 aromatic carbocycles. The van der Waals surface area contributed by atoms with Crippen LogP contribution >= 0.6 is 0 Å². The van der Waals surface area contributed by atoms with Gasteiger partial charge in [-0.2, -0.15) is 0 Å². The fraction of sp³-hybridized carbons (Fsp3) is 0.917. The summed E-state index contributed by atoms with van der Waals surface area (Å²) in [7, 11) is 0. The second-order valence-corrected chi connectivity index (χ2v) is 11.8. The van der Waals surface area contributed by atoms with Crippen LogP contribution in [-0.4, -0.2) is 11.1 Å². The molecule has 230 valence electrons. The Kier molecular flexibility index (Phi) is 47.0. The van der Waals surface area contributed by atoms with E-state index in [1.54, 1.807) is 0 Å². The number of hydrogen-bond acceptors (Lipinski definition) is 1. The molecular formula is C36H72O2Zn. The monoisotopic (exact) mass is 600 g/mol. The van der Waals surface area contributed by atoms with Crippen LogP contribution in [0.2, 0.25) is 0 Å². The summed E-state index contributed by atoms with van der Waals surface area (Å²) in [5.74, 6) is -0.653. The molecule has 2 nitrogen and oxygen atoms in total. The molecule has 0 aliphatic carbocycles. The van der Waals surface area contributed by atoms with Crippen molar-refractivity contribution in [3.63, 3.8) is 0 Å². The van der Waals surface area contributed by atoms with Crippen molar-refractivity contribution >= 4 is 5.97 Å². The Morgan fingerprint density at radius 2 is 0.692 bits per heavy atom. The zero-order chi connectivity index (χ0) is 28.2. The van der Waals surface area contributed by atoms with Gasteiger partial charge in [0.15, 0.2) is 0 Å². The van der Waals surface area contributed by atoms with Crippen molar-refractivity contribution in [2.75, 3.05) is 0 Å². The molecule has 0 spiro atoms. The summed E-state index contributed by atoms with van der Waals surface area (Å²) in [5, 5.41) is 8.52. The van der Waals surface area contributed by atoms with Crippen molar-refractivity contribution in [1.82, 2.24) is 0 Å². The first kappa shape index (κ1) is 43.3. The Balaban J connectivity index is -0.000000651. The molecule has 0 fully saturated rings. The second kappa shape index (κ2) is 42.3. The number of aliphatic carboxylic acids is 1. The van der Waals surface area contributed by atoms with Gasteiger partial charge in [0, 0.05) is 25.9 Å². The van der Waals surface area contributed by atoms with E-state index in [0.29, 0.717) is 6.42 Å². The summed E-state index contributed by atoms with van der Waals surface area (Å²) in [5.41, 5.74) is 0. The van der Waals surface area contributed by atoms with Crippen molar-refractivity contribution in [1.29, 1.82) is 0 Å². The van der Waals surface area contributed by atoms with Gasteiger partial charge in [0.05, 0.1) is 0 Å². The average Bonchev–Trinajstić information content (AvgIpc) is 2.91. The first-order chi connectivity index (χ1) is 18.7. The third-order valence-electron chi connectivity index (χ3n) is 7.76. The van der Waals surface area contributed by atoms with Gasteiger partial charge in [-0.25, -0.2) is 0 Å². The van der Waals surface area contributed by atoms with E-state index in [4.69, 9.17) is 5.11 Å². The first-order valence-electron chi connectivity index (χ1n) is 17.5. The third-order valence-corrected chi connectivity index (χ3v) is 7.76. The van der Waals surface area contributed by atoms with E-state index >= 15 is 0 Å². The molecule has 0 rings (SSSR count).